The Balaban J connectivity index is 3.72. The van der Waals surface area contributed by atoms with Gasteiger partial charge in [-0.05, 0) is 47.6 Å². The van der Waals surface area contributed by atoms with Crippen LogP contribution >= 0.6 is 0 Å². The normalized spacial score (nSPS) is 12.9. The molecule has 0 saturated heterocycles. The lowest BCUT2D eigenvalue weighted by atomic mass is 10.1. The zero-order valence-corrected chi connectivity index (χ0v) is 10.9. The molecule has 0 amide bonds. The predicted molar refractivity (Wildman–Crippen MR) is 64.8 cm³/mol. The minimum absolute atomic E-state index is 0.245. The second-order valence-electron chi connectivity index (χ2n) is 5.31. The van der Waals surface area contributed by atoms with Crippen LogP contribution in [0, 0.1) is 0 Å². The highest BCUT2D eigenvalue weighted by atomic mass is 15.2. The van der Waals surface area contributed by atoms with Gasteiger partial charge in [0.1, 0.15) is 0 Å². The zero-order chi connectivity index (χ0) is 11.2. The molecule has 0 rings (SSSR count). The van der Waals surface area contributed by atoms with Crippen molar-refractivity contribution in [2.75, 3.05) is 19.6 Å². The van der Waals surface area contributed by atoms with Crippen LogP contribution in [0.15, 0.2) is 0 Å². The summed E-state index contributed by atoms with van der Waals surface area (Å²) in [6, 6.07) is 0.664. The fourth-order valence-electron chi connectivity index (χ4n) is 1.49. The van der Waals surface area contributed by atoms with Gasteiger partial charge in [0.25, 0.3) is 0 Å². The third-order valence-corrected chi connectivity index (χ3v) is 2.30. The van der Waals surface area contributed by atoms with Crippen LogP contribution in [-0.4, -0.2) is 36.1 Å². The van der Waals surface area contributed by atoms with Gasteiger partial charge < -0.3 is 5.32 Å². The van der Waals surface area contributed by atoms with Crippen LogP contribution in [0.3, 0.4) is 0 Å². The quantitative estimate of drug-likeness (QED) is 0.708. The highest BCUT2D eigenvalue weighted by molar-refractivity contribution is 4.72. The molecular formula is C12H28N2. The van der Waals surface area contributed by atoms with Crippen LogP contribution in [0.1, 0.15) is 48.0 Å². The Bertz CT molecular complexity index is 136. The van der Waals surface area contributed by atoms with Crippen molar-refractivity contribution in [1.82, 2.24) is 10.2 Å². The summed E-state index contributed by atoms with van der Waals surface area (Å²) >= 11 is 0. The van der Waals surface area contributed by atoms with Crippen molar-refractivity contribution < 1.29 is 0 Å². The average Bonchev–Trinajstić information content (AvgIpc) is 2.00. The fourth-order valence-corrected chi connectivity index (χ4v) is 1.49. The number of hydrogen-bond donors (Lipinski definition) is 1. The van der Waals surface area contributed by atoms with Crippen molar-refractivity contribution >= 4 is 0 Å². The van der Waals surface area contributed by atoms with E-state index in [2.05, 4.69) is 51.8 Å². The van der Waals surface area contributed by atoms with E-state index in [-0.39, 0.29) is 5.54 Å². The first-order chi connectivity index (χ1) is 6.37. The van der Waals surface area contributed by atoms with E-state index in [0.29, 0.717) is 6.04 Å². The van der Waals surface area contributed by atoms with Crippen molar-refractivity contribution in [3.05, 3.63) is 0 Å². The fraction of sp³-hybridized carbons (Fsp3) is 1.00. The maximum Gasteiger partial charge on any atom is 0.0110 e. The summed E-state index contributed by atoms with van der Waals surface area (Å²) in [5.74, 6) is 0. The highest BCUT2D eigenvalue weighted by Gasteiger charge is 2.11. The van der Waals surface area contributed by atoms with Gasteiger partial charge in [0.05, 0.1) is 0 Å². The van der Waals surface area contributed by atoms with Crippen LogP contribution in [0.4, 0.5) is 0 Å². The Morgan fingerprint density at radius 2 is 1.71 bits per heavy atom. The molecule has 2 heteroatoms. The highest BCUT2D eigenvalue weighted by Crippen LogP contribution is 2.01. The zero-order valence-electron chi connectivity index (χ0n) is 10.9. The SMILES string of the molecule is CCCN(CCNC(C)(C)C)C(C)C. The van der Waals surface area contributed by atoms with E-state index in [1.807, 2.05) is 0 Å². The molecule has 0 aromatic heterocycles. The summed E-state index contributed by atoms with van der Waals surface area (Å²) in [4.78, 5) is 2.53. The summed E-state index contributed by atoms with van der Waals surface area (Å²) in [6.45, 7) is 16.9. The van der Waals surface area contributed by atoms with Gasteiger partial charge >= 0.3 is 0 Å². The van der Waals surface area contributed by atoms with Gasteiger partial charge in [0.15, 0.2) is 0 Å². The first-order valence-corrected chi connectivity index (χ1v) is 5.86. The Labute approximate surface area is 90.1 Å². The molecule has 2 nitrogen and oxygen atoms in total. The maximum absolute atomic E-state index is 3.52. The van der Waals surface area contributed by atoms with Gasteiger partial charge in [0, 0.05) is 24.7 Å². The number of rotatable bonds is 6. The van der Waals surface area contributed by atoms with Gasteiger partial charge in [-0.2, -0.15) is 0 Å². The van der Waals surface area contributed by atoms with Crippen molar-refractivity contribution in [3.63, 3.8) is 0 Å². The summed E-state index contributed by atoms with van der Waals surface area (Å²) < 4.78 is 0. The van der Waals surface area contributed by atoms with E-state index >= 15 is 0 Å². The molecule has 0 aliphatic rings. The molecule has 0 radical (unpaired) electrons. The molecule has 0 bridgehead atoms. The number of hydrogen-bond acceptors (Lipinski definition) is 2. The summed E-state index contributed by atoms with van der Waals surface area (Å²) in [5.41, 5.74) is 0.245. The smallest absolute Gasteiger partial charge is 0.0110 e. The van der Waals surface area contributed by atoms with Crippen molar-refractivity contribution in [2.45, 2.75) is 59.5 Å². The third kappa shape index (κ3) is 7.34. The lowest BCUT2D eigenvalue weighted by molar-refractivity contribution is 0.215. The first kappa shape index (κ1) is 13.9. The molecule has 0 heterocycles. The average molecular weight is 200 g/mol. The Morgan fingerprint density at radius 3 is 2.07 bits per heavy atom. The molecular weight excluding hydrogens is 172 g/mol. The maximum atomic E-state index is 3.52. The van der Waals surface area contributed by atoms with Gasteiger partial charge in [-0.3, -0.25) is 4.90 Å². The summed E-state index contributed by atoms with van der Waals surface area (Å²) in [6.07, 6.45) is 1.24. The van der Waals surface area contributed by atoms with Crippen molar-refractivity contribution in [1.29, 1.82) is 0 Å². The monoisotopic (exact) mass is 200 g/mol. The summed E-state index contributed by atoms with van der Waals surface area (Å²) in [5, 5.41) is 3.52. The van der Waals surface area contributed by atoms with Crippen LogP contribution < -0.4 is 5.32 Å². The summed E-state index contributed by atoms with van der Waals surface area (Å²) in [7, 11) is 0. The molecule has 0 atom stereocenters. The molecule has 0 aromatic rings. The molecule has 0 aliphatic carbocycles. The number of nitrogens with zero attached hydrogens (tertiary/aromatic N) is 1. The van der Waals surface area contributed by atoms with Crippen LogP contribution in [0.2, 0.25) is 0 Å². The minimum atomic E-state index is 0.245. The Kier molecular flexibility index (Phi) is 6.38. The first-order valence-electron chi connectivity index (χ1n) is 5.86. The topological polar surface area (TPSA) is 15.3 Å². The molecule has 86 valence electrons. The second kappa shape index (κ2) is 6.41. The van der Waals surface area contributed by atoms with Gasteiger partial charge in [-0.25, -0.2) is 0 Å². The van der Waals surface area contributed by atoms with E-state index in [1.54, 1.807) is 0 Å². The van der Waals surface area contributed by atoms with E-state index in [4.69, 9.17) is 0 Å². The van der Waals surface area contributed by atoms with Crippen molar-refractivity contribution in [2.24, 2.45) is 0 Å². The van der Waals surface area contributed by atoms with Crippen LogP contribution in [-0.2, 0) is 0 Å². The molecule has 0 aromatic carbocycles. The Hall–Kier alpha value is -0.0800. The number of nitrogens with one attached hydrogen (secondary N) is 1. The van der Waals surface area contributed by atoms with Gasteiger partial charge in [-0.1, -0.05) is 6.92 Å². The van der Waals surface area contributed by atoms with E-state index in [0.717, 1.165) is 13.1 Å². The predicted octanol–water partition coefficient (Wildman–Crippen LogP) is 2.49. The second-order valence-corrected chi connectivity index (χ2v) is 5.31. The molecule has 0 spiro atoms. The molecule has 0 saturated carbocycles. The molecule has 14 heavy (non-hydrogen) atoms. The largest absolute Gasteiger partial charge is 0.311 e. The molecule has 0 fully saturated rings. The van der Waals surface area contributed by atoms with E-state index in [1.165, 1.54) is 13.0 Å². The molecule has 0 unspecified atom stereocenters. The van der Waals surface area contributed by atoms with Gasteiger partial charge in [-0.15, -0.1) is 0 Å². The van der Waals surface area contributed by atoms with Crippen LogP contribution in [0.5, 0.6) is 0 Å². The standard InChI is InChI=1S/C12H28N2/c1-7-9-14(11(2)3)10-8-13-12(4,5)6/h11,13H,7-10H2,1-6H3. The molecule has 1 N–H and O–H groups in total. The van der Waals surface area contributed by atoms with E-state index < -0.39 is 0 Å². The Morgan fingerprint density at radius 1 is 1.14 bits per heavy atom. The lowest BCUT2D eigenvalue weighted by Crippen LogP contribution is -2.43. The minimum Gasteiger partial charge on any atom is -0.311 e. The van der Waals surface area contributed by atoms with Gasteiger partial charge in [0.2, 0.25) is 0 Å². The third-order valence-electron chi connectivity index (χ3n) is 2.30. The lowest BCUT2D eigenvalue weighted by Gasteiger charge is -2.28. The van der Waals surface area contributed by atoms with Crippen LogP contribution in [0.25, 0.3) is 0 Å². The van der Waals surface area contributed by atoms with Crippen molar-refractivity contribution in [3.8, 4) is 0 Å². The van der Waals surface area contributed by atoms with E-state index in [9.17, 15) is 0 Å². The molecule has 0 aliphatic heterocycles.